The molecule has 0 unspecified atom stereocenters. The van der Waals surface area contributed by atoms with Crippen LogP contribution in [-0.4, -0.2) is 52.3 Å². The van der Waals surface area contributed by atoms with Gasteiger partial charge >= 0.3 is 0 Å². The van der Waals surface area contributed by atoms with Crippen molar-refractivity contribution in [1.82, 2.24) is 25.4 Å². The first-order valence-electron chi connectivity index (χ1n) is 9.94. The zero-order valence-electron chi connectivity index (χ0n) is 16.6. The molecule has 1 aliphatic rings. The number of nitrogens with one attached hydrogen (secondary N) is 2. The molecule has 4 rings (SSSR count). The molecule has 1 aromatic heterocycles. The van der Waals surface area contributed by atoms with Gasteiger partial charge in [0.15, 0.2) is 11.8 Å². The number of aliphatic imine (C=N–C) groups is 1. The Bertz CT molecular complexity index is 917. The van der Waals surface area contributed by atoms with E-state index in [1.54, 1.807) is 0 Å². The van der Waals surface area contributed by atoms with Crippen molar-refractivity contribution in [2.75, 3.05) is 20.1 Å². The largest absolute Gasteiger partial charge is 0.490 e. The number of benzene rings is 2. The third kappa shape index (κ3) is 4.93. The van der Waals surface area contributed by atoms with Crippen LogP contribution in [0.15, 0.2) is 65.9 Å². The molecule has 0 aliphatic carbocycles. The summed E-state index contributed by atoms with van der Waals surface area (Å²) in [5, 5.41) is 10.3. The highest BCUT2D eigenvalue weighted by Gasteiger charge is 2.22. The molecule has 0 bridgehead atoms. The lowest BCUT2D eigenvalue weighted by Crippen LogP contribution is -2.47. The molecule has 2 aromatic carbocycles. The van der Waals surface area contributed by atoms with E-state index in [1.165, 1.54) is 11.9 Å². The van der Waals surface area contributed by atoms with Crippen LogP contribution >= 0.6 is 0 Å². The summed E-state index contributed by atoms with van der Waals surface area (Å²) in [6.07, 6.45) is 3.74. The van der Waals surface area contributed by atoms with Crippen LogP contribution in [0.5, 0.6) is 5.75 Å². The van der Waals surface area contributed by atoms with Crippen LogP contribution in [0.3, 0.4) is 0 Å². The number of aromatic nitrogens is 3. The second-order valence-electron chi connectivity index (χ2n) is 7.05. The van der Waals surface area contributed by atoms with Crippen LogP contribution in [0.2, 0.25) is 0 Å². The van der Waals surface area contributed by atoms with Crippen molar-refractivity contribution in [3.8, 4) is 17.1 Å². The van der Waals surface area contributed by atoms with Crippen LogP contribution in [0.4, 0.5) is 0 Å². The van der Waals surface area contributed by atoms with Gasteiger partial charge in [-0.05, 0) is 23.8 Å². The first-order chi connectivity index (χ1) is 14.3. The topological polar surface area (TPSA) is 78.4 Å². The van der Waals surface area contributed by atoms with Crippen molar-refractivity contribution < 1.29 is 4.74 Å². The lowest BCUT2D eigenvalue weighted by molar-refractivity contribution is 0.129. The van der Waals surface area contributed by atoms with Crippen LogP contribution in [0.1, 0.15) is 18.4 Å². The normalized spacial score (nSPS) is 15.3. The summed E-state index contributed by atoms with van der Waals surface area (Å²) < 4.78 is 6.09. The summed E-state index contributed by atoms with van der Waals surface area (Å²) in [5.74, 6) is 2.64. The van der Waals surface area contributed by atoms with Crippen LogP contribution in [0.25, 0.3) is 11.4 Å². The van der Waals surface area contributed by atoms with E-state index in [0.717, 1.165) is 49.0 Å². The molecule has 150 valence electrons. The molecule has 0 amide bonds. The fraction of sp³-hybridized carbons (Fsp3) is 0.318. The van der Waals surface area contributed by atoms with Gasteiger partial charge in [-0.3, -0.25) is 10.1 Å². The van der Waals surface area contributed by atoms with E-state index in [2.05, 4.69) is 42.5 Å². The molecule has 1 saturated heterocycles. The van der Waals surface area contributed by atoms with Gasteiger partial charge in [-0.2, -0.15) is 5.10 Å². The lowest BCUT2D eigenvalue weighted by Gasteiger charge is -2.34. The molecule has 0 radical (unpaired) electrons. The van der Waals surface area contributed by atoms with Crippen molar-refractivity contribution in [3.63, 3.8) is 0 Å². The highest BCUT2D eigenvalue weighted by atomic mass is 16.5. The highest BCUT2D eigenvalue weighted by molar-refractivity contribution is 5.80. The van der Waals surface area contributed by atoms with E-state index in [-0.39, 0.29) is 6.10 Å². The Kier molecular flexibility index (Phi) is 6.04. The number of nitrogens with zero attached hydrogens (tertiary/aromatic N) is 4. The number of aromatic amines is 1. The second-order valence-corrected chi connectivity index (χ2v) is 7.05. The number of guanidine groups is 1. The number of para-hydroxylation sites is 1. The van der Waals surface area contributed by atoms with E-state index in [9.17, 15) is 0 Å². The molecule has 2 heterocycles. The Balaban J connectivity index is 1.30. The van der Waals surface area contributed by atoms with Gasteiger partial charge < -0.3 is 15.0 Å². The van der Waals surface area contributed by atoms with Gasteiger partial charge in [0.1, 0.15) is 18.2 Å². The van der Waals surface area contributed by atoms with E-state index in [0.29, 0.717) is 6.54 Å². The average Bonchev–Trinajstić information content (AvgIpc) is 3.31. The standard InChI is InChI=1S/C22H26N6O/c1-23-22(24-15-17-6-5-7-18(14-17)21-25-16-26-27-21)28-12-10-20(11-13-28)29-19-8-3-2-4-9-19/h2-9,14,16,20H,10-13,15H2,1H3,(H,23,24)(H,25,26,27). The number of H-pyrrole nitrogens is 1. The van der Waals surface area contributed by atoms with Crippen molar-refractivity contribution in [3.05, 3.63) is 66.5 Å². The van der Waals surface area contributed by atoms with Gasteiger partial charge in [0, 0.05) is 45.1 Å². The fourth-order valence-corrected chi connectivity index (χ4v) is 3.56. The number of hydrogen-bond donors (Lipinski definition) is 2. The van der Waals surface area contributed by atoms with Crippen LogP contribution in [-0.2, 0) is 6.54 Å². The Hall–Kier alpha value is -3.35. The third-order valence-electron chi connectivity index (χ3n) is 5.07. The Morgan fingerprint density at radius 3 is 2.72 bits per heavy atom. The summed E-state index contributed by atoms with van der Waals surface area (Å²) in [6.45, 7) is 2.56. The van der Waals surface area contributed by atoms with E-state index in [4.69, 9.17) is 4.74 Å². The summed E-state index contributed by atoms with van der Waals surface area (Å²) in [4.78, 5) is 11.0. The zero-order valence-corrected chi connectivity index (χ0v) is 16.6. The Labute approximate surface area is 170 Å². The average molecular weight is 390 g/mol. The maximum absolute atomic E-state index is 6.09. The van der Waals surface area contributed by atoms with E-state index < -0.39 is 0 Å². The predicted molar refractivity (Wildman–Crippen MR) is 114 cm³/mol. The SMILES string of the molecule is CN=C(NCc1cccc(-c2ncn[nH]2)c1)N1CCC(Oc2ccccc2)CC1. The van der Waals surface area contributed by atoms with Crippen molar-refractivity contribution in [1.29, 1.82) is 0 Å². The molecular weight excluding hydrogens is 364 g/mol. The molecule has 0 saturated carbocycles. The van der Waals surface area contributed by atoms with Gasteiger partial charge in [0.25, 0.3) is 0 Å². The molecule has 7 nitrogen and oxygen atoms in total. The van der Waals surface area contributed by atoms with E-state index >= 15 is 0 Å². The van der Waals surface area contributed by atoms with Crippen molar-refractivity contribution in [2.45, 2.75) is 25.5 Å². The predicted octanol–water partition coefficient (Wildman–Crippen LogP) is 3.09. The van der Waals surface area contributed by atoms with Crippen molar-refractivity contribution in [2.24, 2.45) is 4.99 Å². The maximum Gasteiger partial charge on any atom is 0.193 e. The summed E-state index contributed by atoms with van der Waals surface area (Å²) in [5.41, 5.74) is 2.19. The summed E-state index contributed by atoms with van der Waals surface area (Å²) in [7, 11) is 1.83. The smallest absolute Gasteiger partial charge is 0.193 e. The minimum atomic E-state index is 0.255. The molecule has 0 atom stereocenters. The monoisotopic (exact) mass is 390 g/mol. The van der Waals surface area contributed by atoms with Gasteiger partial charge in [-0.1, -0.05) is 36.4 Å². The second kappa shape index (κ2) is 9.23. The molecule has 1 fully saturated rings. The lowest BCUT2D eigenvalue weighted by atomic mass is 10.1. The quantitative estimate of drug-likeness (QED) is 0.517. The summed E-state index contributed by atoms with van der Waals surface area (Å²) >= 11 is 0. The minimum absolute atomic E-state index is 0.255. The molecule has 29 heavy (non-hydrogen) atoms. The zero-order chi connectivity index (χ0) is 19.9. The highest BCUT2D eigenvalue weighted by Crippen LogP contribution is 2.19. The fourth-order valence-electron chi connectivity index (χ4n) is 3.56. The Morgan fingerprint density at radius 2 is 2.00 bits per heavy atom. The molecular formula is C22H26N6O. The third-order valence-corrected chi connectivity index (χ3v) is 5.07. The number of rotatable bonds is 5. The van der Waals surface area contributed by atoms with Gasteiger partial charge in [-0.15, -0.1) is 0 Å². The van der Waals surface area contributed by atoms with Crippen LogP contribution < -0.4 is 10.1 Å². The molecule has 7 heteroatoms. The number of hydrogen-bond acceptors (Lipinski definition) is 4. The van der Waals surface area contributed by atoms with Crippen LogP contribution in [0, 0.1) is 0 Å². The number of piperidine rings is 1. The summed E-state index contributed by atoms with van der Waals surface area (Å²) in [6, 6.07) is 18.3. The van der Waals surface area contributed by atoms with E-state index in [1.807, 2.05) is 49.5 Å². The molecule has 0 spiro atoms. The number of likely N-dealkylation sites (tertiary alicyclic amines) is 1. The molecule has 1 aliphatic heterocycles. The number of ether oxygens (including phenoxy) is 1. The first kappa shape index (κ1) is 19.0. The maximum atomic E-state index is 6.09. The molecule has 3 aromatic rings. The minimum Gasteiger partial charge on any atom is -0.490 e. The van der Waals surface area contributed by atoms with Gasteiger partial charge in [0.2, 0.25) is 0 Å². The first-order valence-corrected chi connectivity index (χ1v) is 9.94. The van der Waals surface area contributed by atoms with Crippen molar-refractivity contribution >= 4 is 5.96 Å². The van der Waals surface area contributed by atoms with Gasteiger partial charge in [-0.25, -0.2) is 4.98 Å². The van der Waals surface area contributed by atoms with Gasteiger partial charge in [0.05, 0.1) is 0 Å². The Morgan fingerprint density at radius 1 is 1.17 bits per heavy atom. The molecule has 2 N–H and O–H groups in total.